The summed E-state index contributed by atoms with van der Waals surface area (Å²) < 4.78 is 37.8. The van der Waals surface area contributed by atoms with Crippen LogP contribution < -0.4 is 14.4 Å². The average Bonchev–Trinajstić information content (AvgIpc) is 3.10. The lowest BCUT2D eigenvalue weighted by Gasteiger charge is -2.35. The van der Waals surface area contributed by atoms with Gasteiger partial charge in [-0.3, -0.25) is 0 Å². The highest BCUT2D eigenvalue weighted by Gasteiger charge is 2.29. The molecule has 132 valence electrons. The Morgan fingerprint density at radius 2 is 1.56 bits per heavy atom. The van der Waals surface area contributed by atoms with Crippen molar-refractivity contribution in [1.29, 1.82) is 0 Å². The Labute approximate surface area is 147 Å². The fourth-order valence-corrected chi connectivity index (χ4v) is 4.55. The Kier molecular flexibility index (Phi) is 4.05. The maximum atomic E-state index is 12.8. The van der Waals surface area contributed by atoms with E-state index in [1.807, 2.05) is 37.3 Å². The molecule has 1 saturated heterocycles. The van der Waals surface area contributed by atoms with Crippen molar-refractivity contribution in [2.45, 2.75) is 11.8 Å². The van der Waals surface area contributed by atoms with Crippen LogP contribution in [0.3, 0.4) is 0 Å². The number of rotatable bonds is 3. The molecule has 1 fully saturated rings. The largest absolute Gasteiger partial charge is 0.454 e. The molecule has 0 aromatic heterocycles. The Hall–Kier alpha value is -2.25. The zero-order valence-electron chi connectivity index (χ0n) is 14.0. The Morgan fingerprint density at radius 3 is 2.28 bits per heavy atom. The zero-order valence-corrected chi connectivity index (χ0v) is 14.8. The van der Waals surface area contributed by atoms with Crippen molar-refractivity contribution < 1.29 is 17.9 Å². The van der Waals surface area contributed by atoms with Crippen LogP contribution in [0.15, 0.2) is 47.4 Å². The average molecular weight is 360 g/mol. The van der Waals surface area contributed by atoms with Gasteiger partial charge in [-0.2, -0.15) is 4.31 Å². The molecule has 2 aliphatic heterocycles. The predicted octanol–water partition coefficient (Wildman–Crippen LogP) is 2.23. The molecule has 4 rings (SSSR count). The number of aryl methyl sites for hydroxylation is 1. The molecule has 0 amide bonds. The number of sulfonamides is 1. The van der Waals surface area contributed by atoms with Gasteiger partial charge in [0, 0.05) is 37.9 Å². The van der Waals surface area contributed by atoms with Crippen molar-refractivity contribution in [3.8, 4) is 11.5 Å². The maximum absolute atomic E-state index is 12.8. The molecule has 0 unspecified atom stereocenters. The third-order valence-corrected chi connectivity index (χ3v) is 6.53. The zero-order chi connectivity index (χ0) is 17.4. The first-order chi connectivity index (χ1) is 12.0. The first kappa shape index (κ1) is 16.2. The van der Waals surface area contributed by atoms with Crippen LogP contribution in [-0.4, -0.2) is 45.7 Å². The van der Waals surface area contributed by atoms with Crippen molar-refractivity contribution in [1.82, 2.24) is 4.31 Å². The number of nitrogens with zero attached hydrogens (tertiary/aromatic N) is 2. The van der Waals surface area contributed by atoms with Crippen LogP contribution >= 0.6 is 0 Å². The minimum atomic E-state index is -3.43. The van der Waals surface area contributed by atoms with Gasteiger partial charge in [0.1, 0.15) is 0 Å². The molecular weight excluding hydrogens is 340 g/mol. The van der Waals surface area contributed by atoms with Gasteiger partial charge in [-0.25, -0.2) is 8.42 Å². The third kappa shape index (κ3) is 3.05. The Balaban J connectivity index is 1.47. The van der Waals surface area contributed by atoms with Crippen LogP contribution in [0, 0.1) is 6.92 Å². The first-order valence-electron chi connectivity index (χ1n) is 8.25. The lowest BCUT2D eigenvalue weighted by molar-refractivity contribution is 0.174. The molecule has 2 heterocycles. The topological polar surface area (TPSA) is 59.1 Å². The monoisotopic (exact) mass is 360 g/mol. The summed E-state index contributed by atoms with van der Waals surface area (Å²) in [6.45, 7) is 4.41. The Morgan fingerprint density at radius 1 is 0.880 bits per heavy atom. The van der Waals surface area contributed by atoms with Gasteiger partial charge in [0.2, 0.25) is 16.8 Å². The number of ether oxygens (including phenoxy) is 2. The SMILES string of the molecule is Cc1ccc(S(=O)(=O)N2CCN(c3ccc4c(c3)OCO4)CC2)cc1. The van der Waals surface area contributed by atoms with Gasteiger partial charge in [-0.1, -0.05) is 17.7 Å². The van der Waals surface area contributed by atoms with Gasteiger partial charge >= 0.3 is 0 Å². The highest BCUT2D eigenvalue weighted by Crippen LogP contribution is 2.35. The molecule has 7 heteroatoms. The quantitative estimate of drug-likeness (QED) is 0.840. The highest BCUT2D eigenvalue weighted by molar-refractivity contribution is 7.89. The second-order valence-corrected chi connectivity index (χ2v) is 8.18. The lowest BCUT2D eigenvalue weighted by atomic mass is 10.2. The summed E-state index contributed by atoms with van der Waals surface area (Å²) in [7, 11) is -3.43. The molecule has 0 aliphatic carbocycles. The van der Waals surface area contributed by atoms with Crippen molar-refractivity contribution in [3.05, 3.63) is 48.0 Å². The molecule has 0 N–H and O–H groups in total. The van der Waals surface area contributed by atoms with Crippen LogP contribution in [0.5, 0.6) is 11.5 Å². The van der Waals surface area contributed by atoms with E-state index in [1.165, 1.54) is 0 Å². The molecular formula is C18H20N2O4S. The molecule has 25 heavy (non-hydrogen) atoms. The third-order valence-electron chi connectivity index (χ3n) is 4.62. The van der Waals surface area contributed by atoms with E-state index in [9.17, 15) is 8.42 Å². The summed E-state index contributed by atoms with van der Waals surface area (Å²) in [6.07, 6.45) is 0. The van der Waals surface area contributed by atoms with Crippen molar-refractivity contribution in [2.24, 2.45) is 0 Å². The van der Waals surface area contributed by atoms with E-state index in [4.69, 9.17) is 9.47 Å². The summed E-state index contributed by atoms with van der Waals surface area (Å²) in [6, 6.07) is 12.8. The van der Waals surface area contributed by atoms with Gasteiger partial charge in [-0.05, 0) is 31.2 Å². The van der Waals surface area contributed by atoms with E-state index < -0.39 is 10.0 Å². The second kappa shape index (κ2) is 6.24. The van der Waals surface area contributed by atoms with Gasteiger partial charge < -0.3 is 14.4 Å². The Bertz CT molecular complexity index is 872. The molecule has 0 atom stereocenters. The second-order valence-electron chi connectivity index (χ2n) is 6.24. The highest BCUT2D eigenvalue weighted by atomic mass is 32.2. The van der Waals surface area contributed by atoms with E-state index in [-0.39, 0.29) is 6.79 Å². The first-order valence-corrected chi connectivity index (χ1v) is 9.69. The fraction of sp³-hybridized carbons (Fsp3) is 0.333. The van der Waals surface area contributed by atoms with Gasteiger partial charge in [0.15, 0.2) is 11.5 Å². The summed E-state index contributed by atoms with van der Waals surface area (Å²) >= 11 is 0. The lowest BCUT2D eigenvalue weighted by Crippen LogP contribution is -2.48. The summed E-state index contributed by atoms with van der Waals surface area (Å²) in [5.74, 6) is 1.50. The van der Waals surface area contributed by atoms with Gasteiger partial charge in [0.25, 0.3) is 0 Å². The van der Waals surface area contributed by atoms with E-state index in [0.717, 1.165) is 22.7 Å². The predicted molar refractivity (Wildman–Crippen MR) is 94.7 cm³/mol. The normalized spacial score (nSPS) is 17.7. The van der Waals surface area contributed by atoms with Crippen LogP contribution in [0.2, 0.25) is 0 Å². The minimum absolute atomic E-state index is 0.251. The van der Waals surface area contributed by atoms with Crippen LogP contribution in [0.4, 0.5) is 5.69 Å². The maximum Gasteiger partial charge on any atom is 0.243 e. The summed E-state index contributed by atoms with van der Waals surface area (Å²) in [5, 5.41) is 0. The molecule has 0 saturated carbocycles. The molecule has 0 bridgehead atoms. The number of piperazine rings is 1. The molecule has 0 radical (unpaired) electrons. The van der Waals surface area contributed by atoms with Crippen LogP contribution in [0.25, 0.3) is 0 Å². The smallest absolute Gasteiger partial charge is 0.243 e. The number of hydrogen-bond donors (Lipinski definition) is 0. The number of hydrogen-bond acceptors (Lipinski definition) is 5. The van der Waals surface area contributed by atoms with Crippen LogP contribution in [0.1, 0.15) is 5.56 Å². The molecule has 2 aromatic carbocycles. The number of fused-ring (bicyclic) bond motifs is 1. The number of benzene rings is 2. The van der Waals surface area contributed by atoms with E-state index in [1.54, 1.807) is 16.4 Å². The van der Waals surface area contributed by atoms with E-state index in [2.05, 4.69) is 4.90 Å². The van der Waals surface area contributed by atoms with Gasteiger partial charge in [-0.15, -0.1) is 0 Å². The summed E-state index contributed by atoms with van der Waals surface area (Å²) in [4.78, 5) is 2.53. The molecule has 0 spiro atoms. The van der Waals surface area contributed by atoms with Crippen molar-refractivity contribution >= 4 is 15.7 Å². The van der Waals surface area contributed by atoms with E-state index >= 15 is 0 Å². The van der Waals surface area contributed by atoms with Crippen LogP contribution in [-0.2, 0) is 10.0 Å². The van der Waals surface area contributed by atoms with Crippen molar-refractivity contribution in [3.63, 3.8) is 0 Å². The minimum Gasteiger partial charge on any atom is -0.454 e. The standard InChI is InChI=1S/C18H20N2O4S/c1-14-2-5-16(6-3-14)25(21,22)20-10-8-19(9-11-20)15-4-7-17-18(12-15)24-13-23-17/h2-7,12H,8-11,13H2,1H3. The summed E-state index contributed by atoms with van der Waals surface area (Å²) in [5.41, 5.74) is 2.07. The van der Waals surface area contributed by atoms with Gasteiger partial charge in [0.05, 0.1) is 4.90 Å². The van der Waals surface area contributed by atoms with E-state index in [0.29, 0.717) is 31.1 Å². The van der Waals surface area contributed by atoms with Crippen molar-refractivity contribution in [2.75, 3.05) is 37.9 Å². The fourth-order valence-electron chi connectivity index (χ4n) is 3.13. The number of anilines is 1. The molecule has 6 nitrogen and oxygen atoms in total. The molecule has 2 aliphatic rings. The molecule has 2 aromatic rings.